The van der Waals surface area contributed by atoms with E-state index in [9.17, 15) is 0 Å². The zero-order valence-corrected chi connectivity index (χ0v) is 26.3. The highest BCUT2D eigenvalue weighted by Gasteiger charge is 2.22. The lowest BCUT2D eigenvalue weighted by Crippen LogP contribution is -2.10. The molecule has 0 radical (unpaired) electrons. The number of furan rings is 1. The van der Waals surface area contributed by atoms with Gasteiger partial charge in [0.15, 0.2) is 0 Å². The average Bonchev–Trinajstić information content (AvgIpc) is 3.56. The van der Waals surface area contributed by atoms with Gasteiger partial charge in [-0.1, -0.05) is 146 Å². The highest BCUT2D eigenvalue weighted by Crippen LogP contribution is 2.46. The van der Waals surface area contributed by atoms with Crippen molar-refractivity contribution in [2.45, 2.75) is 0 Å². The Labute approximate surface area is 279 Å². The lowest BCUT2D eigenvalue weighted by atomic mass is 9.98. The second kappa shape index (κ2) is 11.8. The van der Waals surface area contributed by atoms with Crippen LogP contribution in [0.3, 0.4) is 0 Å². The Bertz CT molecular complexity index is 2430. The number of rotatable bonds is 6. The van der Waals surface area contributed by atoms with E-state index in [1.807, 2.05) is 0 Å². The van der Waals surface area contributed by atoms with Gasteiger partial charge in [-0.05, 0) is 81.2 Å². The Morgan fingerprint density at radius 2 is 0.833 bits per heavy atom. The fourth-order valence-corrected chi connectivity index (χ4v) is 6.88. The maximum Gasteiger partial charge on any atom is 0.143 e. The molecule has 0 saturated carbocycles. The fraction of sp³-hybridized carbons (Fsp3) is 0. The number of hydrogen-bond acceptors (Lipinski definition) is 2. The summed E-state index contributed by atoms with van der Waals surface area (Å²) in [6.07, 6.45) is 0. The third-order valence-corrected chi connectivity index (χ3v) is 9.26. The summed E-state index contributed by atoms with van der Waals surface area (Å²) in [7, 11) is 0. The molecule has 0 amide bonds. The van der Waals surface area contributed by atoms with Crippen LogP contribution in [0.4, 0.5) is 17.1 Å². The summed E-state index contributed by atoms with van der Waals surface area (Å²) >= 11 is 0. The Kier molecular flexibility index (Phi) is 6.84. The largest absolute Gasteiger partial charge is 0.455 e. The summed E-state index contributed by atoms with van der Waals surface area (Å²) < 4.78 is 6.82. The van der Waals surface area contributed by atoms with Crippen LogP contribution < -0.4 is 4.90 Å². The van der Waals surface area contributed by atoms with Crippen LogP contribution in [0.5, 0.6) is 0 Å². The average molecular weight is 614 g/mol. The molecule has 9 rings (SSSR count). The van der Waals surface area contributed by atoms with Crippen molar-refractivity contribution in [3.05, 3.63) is 188 Å². The summed E-state index contributed by atoms with van der Waals surface area (Å²) in [6, 6.07) is 66.8. The molecule has 0 saturated heterocycles. The molecular weight excluding hydrogens is 583 g/mol. The summed E-state index contributed by atoms with van der Waals surface area (Å²) in [4.78, 5) is 2.38. The minimum absolute atomic E-state index is 0.865. The first-order valence-electron chi connectivity index (χ1n) is 16.3. The van der Waals surface area contributed by atoms with Crippen molar-refractivity contribution in [1.82, 2.24) is 0 Å². The number of anilines is 3. The minimum Gasteiger partial charge on any atom is -0.455 e. The molecule has 0 aliphatic heterocycles. The van der Waals surface area contributed by atoms with E-state index in [4.69, 9.17) is 4.42 Å². The maximum atomic E-state index is 6.82. The SMILES string of the molecule is c1ccc(-c2ccc(N(c3ccc(-c4ccccc4)cc3)c3cc(-c4ccccc4)cc4oc5c6ccccc6ccc5c34)cc2)cc1. The third-order valence-electron chi connectivity index (χ3n) is 9.26. The molecule has 226 valence electrons. The van der Waals surface area contributed by atoms with Crippen molar-refractivity contribution in [3.63, 3.8) is 0 Å². The Morgan fingerprint density at radius 3 is 1.40 bits per heavy atom. The molecule has 8 aromatic carbocycles. The van der Waals surface area contributed by atoms with Gasteiger partial charge >= 0.3 is 0 Å². The van der Waals surface area contributed by atoms with Crippen molar-refractivity contribution in [1.29, 1.82) is 0 Å². The molecular formula is C46H31NO. The van der Waals surface area contributed by atoms with Crippen molar-refractivity contribution in [2.24, 2.45) is 0 Å². The second-order valence-corrected chi connectivity index (χ2v) is 12.2. The molecule has 48 heavy (non-hydrogen) atoms. The normalized spacial score (nSPS) is 11.3. The standard InChI is InChI=1S/C46H31NO/c1-4-12-32(13-5-1)35-20-25-39(26-21-35)47(40-27-22-36(23-28-40)33-14-6-2-7-15-33)43-30-38(34-16-8-3-9-17-34)31-44-45(43)42-29-24-37-18-10-11-19-41(37)46(42)48-44/h1-31H. The summed E-state index contributed by atoms with van der Waals surface area (Å²) in [6.45, 7) is 0. The molecule has 2 heteroatoms. The predicted molar refractivity (Wildman–Crippen MR) is 202 cm³/mol. The van der Waals surface area contributed by atoms with Gasteiger partial charge in [0.05, 0.1) is 11.1 Å². The number of nitrogens with zero attached hydrogens (tertiary/aromatic N) is 1. The van der Waals surface area contributed by atoms with E-state index in [1.54, 1.807) is 0 Å². The monoisotopic (exact) mass is 613 g/mol. The van der Waals surface area contributed by atoms with Gasteiger partial charge in [0.25, 0.3) is 0 Å². The Morgan fingerprint density at radius 1 is 0.354 bits per heavy atom. The highest BCUT2D eigenvalue weighted by molar-refractivity contribution is 6.20. The molecule has 0 aliphatic rings. The van der Waals surface area contributed by atoms with Crippen LogP contribution >= 0.6 is 0 Å². The van der Waals surface area contributed by atoms with Crippen LogP contribution in [-0.2, 0) is 0 Å². The van der Waals surface area contributed by atoms with Crippen molar-refractivity contribution in [2.75, 3.05) is 4.90 Å². The summed E-state index contributed by atoms with van der Waals surface area (Å²) in [5, 5.41) is 4.47. The minimum atomic E-state index is 0.865. The molecule has 0 atom stereocenters. The van der Waals surface area contributed by atoms with Crippen molar-refractivity contribution >= 4 is 49.8 Å². The first kappa shape index (κ1) is 27.9. The second-order valence-electron chi connectivity index (χ2n) is 12.2. The van der Waals surface area contributed by atoms with Crippen LogP contribution in [0.15, 0.2) is 192 Å². The van der Waals surface area contributed by atoms with Crippen LogP contribution in [0.2, 0.25) is 0 Å². The Balaban J connectivity index is 1.31. The summed E-state index contributed by atoms with van der Waals surface area (Å²) in [5.41, 5.74) is 12.0. The quantitative estimate of drug-likeness (QED) is 0.185. The van der Waals surface area contributed by atoms with Gasteiger partial charge in [-0.3, -0.25) is 0 Å². The predicted octanol–water partition coefficient (Wildman–Crippen LogP) is 13.2. The molecule has 0 unspecified atom stereocenters. The molecule has 0 bridgehead atoms. The van der Waals surface area contributed by atoms with E-state index < -0.39 is 0 Å². The molecule has 0 aliphatic carbocycles. The van der Waals surface area contributed by atoms with Gasteiger partial charge in [-0.2, -0.15) is 0 Å². The van der Waals surface area contributed by atoms with E-state index in [0.29, 0.717) is 0 Å². The van der Waals surface area contributed by atoms with Crippen LogP contribution in [0, 0.1) is 0 Å². The topological polar surface area (TPSA) is 16.4 Å². The van der Waals surface area contributed by atoms with Crippen LogP contribution in [0.25, 0.3) is 66.1 Å². The van der Waals surface area contributed by atoms with Crippen LogP contribution in [-0.4, -0.2) is 0 Å². The molecule has 0 fully saturated rings. The van der Waals surface area contributed by atoms with Gasteiger partial charge in [-0.25, -0.2) is 0 Å². The maximum absolute atomic E-state index is 6.82. The molecule has 1 aromatic heterocycles. The van der Waals surface area contributed by atoms with E-state index >= 15 is 0 Å². The number of benzene rings is 8. The lowest BCUT2D eigenvalue weighted by Gasteiger charge is -2.27. The first-order valence-corrected chi connectivity index (χ1v) is 16.3. The highest BCUT2D eigenvalue weighted by atomic mass is 16.3. The lowest BCUT2D eigenvalue weighted by molar-refractivity contribution is 0.673. The van der Waals surface area contributed by atoms with Gasteiger partial charge in [0.2, 0.25) is 0 Å². The number of hydrogen-bond donors (Lipinski definition) is 0. The molecule has 0 N–H and O–H groups in total. The van der Waals surface area contributed by atoms with E-state index in [-0.39, 0.29) is 0 Å². The van der Waals surface area contributed by atoms with Gasteiger partial charge < -0.3 is 9.32 Å². The Hall–Kier alpha value is -6.38. The first-order chi connectivity index (χ1) is 23.8. The van der Waals surface area contributed by atoms with Crippen molar-refractivity contribution in [3.8, 4) is 33.4 Å². The van der Waals surface area contributed by atoms with Gasteiger partial charge in [0.1, 0.15) is 11.2 Å². The summed E-state index contributed by atoms with van der Waals surface area (Å²) in [5.74, 6) is 0. The van der Waals surface area contributed by atoms with Gasteiger partial charge in [0, 0.05) is 22.1 Å². The van der Waals surface area contributed by atoms with E-state index in [2.05, 4.69) is 193 Å². The molecule has 2 nitrogen and oxygen atoms in total. The van der Waals surface area contributed by atoms with E-state index in [0.717, 1.165) is 55.5 Å². The molecule has 0 spiro atoms. The fourth-order valence-electron chi connectivity index (χ4n) is 6.88. The zero-order chi connectivity index (χ0) is 31.9. The zero-order valence-electron chi connectivity index (χ0n) is 26.3. The molecule has 9 aromatic rings. The number of fused-ring (bicyclic) bond motifs is 5. The smallest absolute Gasteiger partial charge is 0.143 e. The van der Waals surface area contributed by atoms with E-state index in [1.165, 1.54) is 27.6 Å². The molecule has 1 heterocycles. The van der Waals surface area contributed by atoms with Crippen molar-refractivity contribution < 1.29 is 4.42 Å². The third kappa shape index (κ3) is 4.92. The van der Waals surface area contributed by atoms with Crippen LogP contribution in [0.1, 0.15) is 0 Å². The van der Waals surface area contributed by atoms with Gasteiger partial charge in [-0.15, -0.1) is 0 Å².